The highest BCUT2D eigenvalue weighted by molar-refractivity contribution is 5.97. The van der Waals surface area contributed by atoms with Crippen molar-refractivity contribution >= 4 is 16.9 Å². The van der Waals surface area contributed by atoms with E-state index < -0.39 is 0 Å². The molecule has 33 heavy (non-hydrogen) atoms. The number of hydrogen-bond acceptors (Lipinski definition) is 4. The zero-order valence-corrected chi connectivity index (χ0v) is 19.9. The van der Waals surface area contributed by atoms with Gasteiger partial charge in [-0.25, -0.2) is 4.98 Å². The largest absolute Gasteiger partial charge is 0.373 e. The third-order valence-corrected chi connectivity index (χ3v) is 6.91. The molecule has 0 unspecified atom stereocenters. The second-order valence-corrected chi connectivity index (χ2v) is 9.69. The summed E-state index contributed by atoms with van der Waals surface area (Å²) in [6, 6.07) is 15.4. The fourth-order valence-electron chi connectivity index (χ4n) is 5.04. The molecule has 2 atom stereocenters. The monoisotopic (exact) mass is 446 g/mol. The highest BCUT2D eigenvalue weighted by atomic mass is 16.5. The third kappa shape index (κ3) is 4.68. The van der Waals surface area contributed by atoms with Gasteiger partial charge >= 0.3 is 0 Å². The van der Waals surface area contributed by atoms with Crippen molar-refractivity contribution < 1.29 is 9.53 Å². The van der Waals surface area contributed by atoms with Gasteiger partial charge in [0.15, 0.2) is 0 Å². The SMILES string of the molecule is CCN(C(=O)c1ccc2c(c1)ncn2C1CC1)[C@H]1CCO[C@@H](c2ccc(CN(C)C)cc2)C1. The quantitative estimate of drug-likeness (QED) is 0.522. The van der Waals surface area contributed by atoms with Crippen LogP contribution in [0.5, 0.6) is 0 Å². The van der Waals surface area contributed by atoms with Crippen LogP contribution < -0.4 is 0 Å². The second-order valence-electron chi connectivity index (χ2n) is 9.69. The Morgan fingerprint density at radius 2 is 1.91 bits per heavy atom. The number of nitrogens with zero attached hydrogens (tertiary/aromatic N) is 4. The molecule has 1 saturated carbocycles. The lowest BCUT2D eigenvalue weighted by molar-refractivity contribution is -0.0231. The number of benzene rings is 2. The predicted octanol–water partition coefficient (Wildman–Crippen LogP) is 4.82. The molecule has 2 aliphatic rings. The Kier molecular flexibility index (Phi) is 6.21. The summed E-state index contributed by atoms with van der Waals surface area (Å²) in [5.41, 5.74) is 5.24. The van der Waals surface area contributed by atoms with Crippen LogP contribution in [0.2, 0.25) is 0 Å². The maximum absolute atomic E-state index is 13.5. The van der Waals surface area contributed by atoms with Crippen molar-refractivity contribution in [2.45, 2.75) is 57.3 Å². The van der Waals surface area contributed by atoms with Gasteiger partial charge in [0.25, 0.3) is 5.91 Å². The Bertz CT molecular complexity index is 1120. The normalized spacial score (nSPS) is 21.0. The number of carbonyl (C=O) groups is 1. The highest BCUT2D eigenvalue weighted by Crippen LogP contribution is 2.37. The first-order valence-electron chi connectivity index (χ1n) is 12.2. The van der Waals surface area contributed by atoms with E-state index in [1.54, 1.807) is 0 Å². The van der Waals surface area contributed by atoms with Gasteiger partial charge in [-0.15, -0.1) is 0 Å². The summed E-state index contributed by atoms with van der Waals surface area (Å²) in [6.07, 6.45) is 6.08. The van der Waals surface area contributed by atoms with Crippen LogP contribution in [0, 0.1) is 0 Å². The van der Waals surface area contributed by atoms with Gasteiger partial charge in [0.05, 0.1) is 23.5 Å². The van der Waals surface area contributed by atoms with Crippen molar-refractivity contribution in [3.8, 4) is 0 Å². The van der Waals surface area contributed by atoms with Crippen LogP contribution in [0.4, 0.5) is 0 Å². The molecule has 1 amide bonds. The number of rotatable bonds is 7. The molecule has 2 heterocycles. The number of aromatic nitrogens is 2. The first kappa shape index (κ1) is 22.1. The average Bonchev–Trinajstić information content (AvgIpc) is 3.58. The third-order valence-electron chi connectivity index (χ3n) is 6.91. The molecule has 6 heteroatoms. The van der Waals surface area contributed by atoms with Crippen LogP contribution in [0.1, 0.15) is 66.2 Å². The standard InChI is InChI=1S/C27H34N4O2/c1-4-30(27(32)21-9-12-25-24(15-21)28-18-31(25)22-10-11-22)23-13-14-33-26(16-23)20-7-5-19(6-8-20)17-29(2)3/h5-9,12,15,18,22-23,26H,4,10-11,13-14,16-17H2,1-3H3/t23-,26+/m0/s1. The summed E-state index contributed by atoms with van der Waals surface area (Å²) < 4.78 is 8.37. The zero-order chi connectivity index (χ0) is 22.9. The highest BCUT2D eigenvalue weighted by Gasteiger charge is 2.31. The first-order chi connectivity index (χ1) is 16.0. The van der Waals surface area contributed by atoms with E-state index in [-0.39, 0.29) is 18.1 Å². The topological polar surface area (TPSA) is 50.6 Å². The molecule has 1 aliphatic carbocycles. The van der Waals surface area contributed by atoms with Gasteiger partial charge in [0.2, 0.25) is 0 Å². The lowest BCUT2D eigenvalue weighted by Crippen LogP contribution is -2.44. The summed E-state index contributed by atoms with van der Waals surface area (Å²) in [5, 5.41) is 0. The van der Waals surface area contributed by atoms with Gasteiger partial charge in [-0.2, -0.15) is 0 Å². The molecule has 0 bridgehead atoms. The van der Waals surface area contributed by atoms with E-state index in [1.807, 2.05) is 23.4 Å². The molecule has 0 radical (unpaired) electrons. The molecular formula is C27H34N4O2. The lowest BCUT2D eigenvalue weighted by atomic mass is 9.95. The molecule has 0 spiro atoms. The van der Waals surface area contributed by atoms with Gasteiger partial charge in [-0.1, -0.05) is 24.3 Å². The molecule has 6 nitrogen and oxygen atoms in total. The van der Waals surface area contributed by atoms with Gasteiger partial charge in [-0.3, -0.25) is 4.79 Å². The number of fused-ring (bicyclic) bond motifs is 1. The van der Waals surface area contributed by atoms with Crippen molar-refractivity contribution in [1.82, 2.24) is 19.4 Å². The number of amides is 1. The van der Waals surface area contributed by atoms with Crippen LogP contribution in [0.3, 0.4) is 0 Å². The fraction of sp³-hybridized carbons (Fsp3) is 0.481. The van der Waals surface area contributed by atoms with E-state index in [4.69, 9.17) is 4.74 Å². The second kappa shape index (κ2) is 9.27. The van der Waals surface area contributed by atoms with Crippen LogP contribution in [-0.2, 0) is 11.3 Å². The van der Waals surface area contributed by atoms with Gasteiger partial charge in [0, 0.05) is 37.3 Å². The number of imidazole rings is 1. The molecule has 1 aliphatic heterocycles. The minimum atomic E-state index is 0.0238. The molecule has 2 fully saturated rings. The molecule has 2 aromatic carbocycles. The van der Waals surface area contributed by atoms with Crippen LogP contribution in [0.25, 0.3) is 11.0 Å². The predicted molar refractivity (Wildman–Crippen MR) is 130 cm³/mol. The van der Waals surface area contributed by atoms with E-state index in [0.717, 1.165) is 36.0 Å². The van der Waals surface area contributed by atoms with Crippen molar-refractivity contribution in [2.75, 3.05) is 27.2 Å². The van der Waals surface area contributed by atoms with Crippen molar-refractivity contribution in [3.05, 3.63) is 65.5 Å². The van der Waals surface area contributed by atoms with Crippen molar-refractivity contribution in [3.63, 3.8) is 0 Å². The summed E-state index contributed by atoms with van der Waals surface area (Å²) in [4.78, 5) is 22.3. The molecular weight excluding hydrogens is 412 g/mol. The average molecular weight is 447 g/mol. The number of hydrogen-bond donors (Lipinski definition) is 0. The number of carbonyl (C=O) groups excluding carboxylic acids is 1. The Morgan fingerprint density at radius 3 is 2.61 bits per heavy atom. The molecule has 0 N–H and O–H groups in total. The zero-order valence-electron chi connectivity index (χ0n) is 19.9. The van der Waals surface area contributed by atoms with E-state index >= 15 is 0 Å². The fourth-order valence-corrected chi connectivity index (χ4v) is 5.04. The minimum absolute atomic E-state index is 0.0238. The van der Waals surface area contributed by atoms with E-state index in [0.29, 0.717) is 19.2 Å². The van der Waals surface area contributed by atoms with Crippen LogP contribution >= 0.6 is 0 Å². The Hall–Kier alpha value is -2.70. The molecule has 174 valence electrons. The Labute approximate surface area is 196 Å². The maximum atomic E-state index is 13.5. The van der Waals surface area contributed by atoms with E-state index in [9.17, 15) is 4.79 Å². The van der Waals surface area contributed by atoms with Crippen molar-refractivity contribution in [2.24, 2.45) is 0 Å². The summed E-state index contributed by atoms with van der Waals surface area (Å²) >= 11 is 0. The maximum Gasteiger partial charge on any atom is 0.254 e. The van der Waals surface area contributed by atoms with Crippen molar-refractivity contribution in [1.29, 1.82) is 0 Å². The smallest absolute Gasteiger partial charge is 0.254 e. The van der Waals surface area contributed by atoms with Crippen LogP contribution in [0.15, 0.2) is 48.8 Å². The Morgan fingerprint density at radius 1 is 1.12 bits per heavy atom. The summed E-state index contributed by atoms with van der Waals surface area (Å²) in [6.45, 7) is 4.35. The number of ether oxygens (including phenoxy) is 1. The van der Waals surface area contributed by atoms with E-state index in [1.165, 1.54) is 24.0 Å². The first-order valence-corrected chi connectivity index (χ1v) is 12.2. The van der Waals surface area contributed by atoms with Gasteiger partial charge in [-0.05, 0) is 76.0 Å². The molecule has 1 aromatic heterocycles. The van der Waals surface area contributed by atoms with Crippen LogP contribution in [-0.4, -0.2) is 58.5 Å². The Balaban J connectivity index is 1.30. The summed E-state index contributed by atoms with van der Waals surface area (Å²) in [7, 11) is 4.16. The molecule has 1 saturated heterocycles. The minimum Gasteiger partial charge on any atom is -0.373 e. The van der Waals surface area contributed by atoms with Gasteiger partial charge in [0.1, 0.15) is 0 Å². The van der Waals surface area contributed by atoms with Gasteiger partial charge < -0.3 is 19.1 Å². The molecule has 3 aromatic rings. The lowest BCUT2D eigenvalue weighted by Gasteiger charge is -2.37. The summed E-state index contributed by atoms with van der Waals surface area (Å²) in [5.74, 6) is 0.0901. The molecule has 5 rings (SSSR count). The van der Waals surface area contributed by atoms with E-state index in [2.05, 4.69) is 65.8 Å².